The number of benzene rings is 1. The molecule has 1 aliphatic rings. The highest BCUT2D eigenvalue weighted by atomic mass is 35.5. The fraction of sp³-hybridized carbons (Fsp3) is 0.538. The summed E-state index contributed by atoms with van der Waals surface area (Å²) < 4.78 is 5.61. The zero-order chi connectivity index (χ0) is 13.8. The SMILES string of the molecule is NCC1CCCC1COc1cc(Cl)ccc1[N+](=O)[O-]. The molecule has 1 saturated carbocycles. The second-order valence-corrected chi connectivity index (χ2v) is 5.30. The molecule has 1 aliphatic carbocycles. The summed E-state index contributed by atoms with van der Waals surface area (Å²) in [5.74, 6) is 1.07. The molecule has 0 saturated heterocycles. The molecule has 2 unspecified atom stereocenters. The largest absolute Gasteiger partial charge is 0.486 e. The van der Waals surface area contributed by atoms with Gasteiger partial charge in [0.1, 0.15) is 0 Å². The first-order valence-corrected chi connectivity index (χ1v) is 6.76. The van der Waals surface area contributed by atoms with Gasteiger partial charge >= 0.3 is 5.69 Å². The average Bonchev–Trinajstić information content (AvgIpc) is 2.83. The Labute approximate surface area is 116 Å². The lowest BCUT2D eigenvalue weighted by Gasteiger charge is -2.18. The number of hydrogen-bond acceptors (Lipinski definition) is 4. The van der Waals surface area contributed by atoms with Crippen molar-refractivity contribution in [1.29, 1.82) is 0 Å². The van der Waals surface area contributed by atoms with E-state index in [0.29, 0.717) is 30.0 Å². The van der Waals surface area contributed by atoms with Gasteiger partial charge in [0.2, 0.25) is 0 Å². The summed E-state index contributed by atoms with van der Waals surface area (Å²) in [6.45, 7) is 1.11. The van der Waals surface area contributed by atoms with Crippen molar-refractivity contribution in [2.24, 2.45) is 17.6 Å². The van der Waals surface area contributed by atoms with E-state index in [9.17, 15) is 10.1 Å². The van der Waals surface area contributed by atoms with Gasteiger partial charge in [-0.1, -0.05) is 18.0 Å². The van der Waals surface area contributed by atoms with E-state index in [1.807, 2.05) is 0 Å². The quantitative estimate of drug-likeness (QED) is 0.666. The molecule has 2 N–H and O–H groups in total. The molecular formula is C13H17ClN2O3. The Balaban J connectivity index is 2.06. The highest BCUT2D eigenvalue weighted by Gasteiger charge is 2.27. The van der Waals surface area contributed by atoms with Gasteiger partial charge in [-0.25, -0.2) is 0 Å². The first-order chi connectivity index (χ1) is 9.11. The van der Waals surface area contributed by atoms with E-state index in [1.165, 1.54) is 18.2 Å². The maximum Gasteiger partial charge on any atom is 0.311 e. The minimum absolute atomic E-state index is 0.0494. The fourth-order valence-corrected chi connectivity index (χ4v) is 2.76. The molecule has 0 amide bonds. The summed E-state index contributed by atoms with van der Waals surface area (Å²) in [7, 11) is 0. The van der Waals surface area contributed by atoms with Crippen LogP contribution in [0.5, 0.6) is 5.75 Å². The number of nitrogens with zero attached hydrogens (tertiary/aromatic N) is 1. The first-order valence-electron chi connectivity index (χ1n) is 6.38. The van der Waals surface area contributed by atoms with Crippen LogP contribution in [-0.2, 0) is 0 Å². The molecule has 0 aromatic heterocycles. The van der Waals surface area contributed by atoms with Gasteiger partial charge in [-0.15, -0.1) is 0 Å². The molecule has 1 fully saturated rings. The standard InChI is InChI=1S/C13H17ClN2O3/c14-11-4-5-12(16(17)18)13(6-11)19-8-10-3-1-2-9(10)7-15/h4-6,9-10H,1-3,7-8,15H2. The smallest absolute Gasteiger partial charge is 0.311 e. The molecule has 2 atom stereocenters. The molecule has 2 rings (SSSR count). The van der Waals surface area contributed by atoms with Crippen molar-refractivity contribution in [3.8, 4) is 5.75 Å². The Morgan fingerprint density at radius 3 is 2.84 bits per heavy atom. The summed E-state index contributed by atoms with van der Waals surface area (Å²) in [5, 5.41) is 11.3. The van der Waals surface area contributed by atoms with Crippen LogP contribution in [0.3, 0.4) is 0 Å². The Morgan fingerprint density at radius 2 is 2.16 bits per heavy atom. The normalized spacial score (nSPS) is 22.4. The number of ether oxygens (including phenoxy) is 1. The van der Waals surface area contributed by atoms with Crippen LogP contribution >= 0.6 is 11.6 Å². The number of nitro benzene ring substituents is 1. The predicted molar refractivity (Wildman–Crippen MR) is 73.5 cm³/mol. The number of nitrogens with two attached hydrogens (primary N) is 1. The second kappa shape index (κ2) is 6.21. The van der Waals surface area contributed by atoms with Crippen molar-refractivity contribution in [1.82, 2.24) is 0 Å². The Bertz CT molecular complexity index is 467. The van der Waals surface area contributed by atoms with Crippen LogP contribution in [0, 0.1) is 22.0 Å². The number of hydrogen-bond donors (Lipinski definition) is 1. The van der Waals surface area contributed by atoms with Crippen molar-refractivity contribution in [3.05, 3.63) is 33.3 Å². The first kappa shape index (κ1) is 14.1. The van der Waals surface area contributed by atoms with E-state index < -0.39 is 4.92 Å². The van der Waals surface area contributed by atoms with Crippen LogP contribution < -0.4 is 10.5 Å². The van der Waals surface area contributed by atoms with Crippen LogP contribution in [-0.4, -0.2) is 18.1 Å². The molecule has 1 aromatic carbocycles. The summed E-state index contributed by atoms with van der Waals surface area (Å²) in [6.07, 6.45) is 3.33. The van der Waals surface area contributed by atoms with Gasteiger partial charge in [-0.2, -0.15) is 0 Å². The highest BCUT2D eigenvalue weighted by Crippen LogP contribution is 2.34. The zero-order valence-corrected chi connectivity index (χ0v) is 11.3. The monoisotopic (exact) mass is 284 g/mol. The van der Waals surface area contributed by atoms with Crippen LogP contribution in [0.2, 0.25) is 5.02 Å². The maximum absolute atomic E-state index is 10.9. The van der Waals surface area contributed by atoms with Gasteiger partial charge in [0.15, 0.2) is 5.75 Å². The van der Waals surface area contributed by atoms with Crippen LogP contribution in [0.4, 0.5) is 5.69 Å². The molecule has 0 radical (unpaired) electrons. The molecule has 0 spiro atoms. The summed E-state index contributed by atoms with van der Waals surface area (Å²) in [5.41, 5.74) is 5.66. The van der Waals surface area contributed by atoms with E-state index in [2.05, 4.69) is 0 Å². The Morgan fingerprint density at radius 1 is 1.42 bits per heavy atom. The van der Waals surface area contributed by atoms with Gasteiger partial charge in [0.25, 0.3) is 0 Å². The van der Waals surface area contributed by atoms with Gasteiger partial charge in [-0.05, 0) is 37.3 Å². The van der Waals surface area contributed by atoms with Gasteiger partial charge in [-0.3, -0.25) is 10.1 Å². The van der Waals surface area contributed by atoms with E-state index >= 15 is 0 Å². The lowest BCUT2D eigenvalue weighted by atomic mass is 9.97. The van der Waals surface area contributed by atoms with Crippen LogP contribution in [0.25, 0.3) is 0 Å². The van der Waals surface area contributed by atoms with Crippen molar-refractivity contribution in [3.63, 3.8) is 0 Å². The highest BCUT2D eigenvalue weighted by molar-refractivity contribution is 6.30. The minimum Gasteiger partial charge on any atom is -0.486 e. The van der Waals surface area contributed by atoms with Crippen molar-refractivity contribution >= 4 is 17.3 Å². The zero-order valence-electron chi connectivity index (χ0n) is 10.5. The number of halogens is 1. The van der Waals surface area contributed by atoms with E-state index in [1.54, 1.807) is 0 Å². The summed E-state index contributed by atoms with van der Waals surface area (Å²) in [4.78, 5) is 10.5. The molecule has 6 heteroatoms. The molecule has 19 heavy (non-hydrogen) atoms. The predicted octanol–water partition coefficient (Wildman–Crippen LogP) is 3.00. The van der Waals surface area contributed by atoms with Crippen molar-refractivity contribution in [2.45, 2.75) is 19.3 Å². The Hall–Kier alpha value is -1.33. The van der Waals surface area contributed by atoms with E-state index in [-0.39, 0.29) is 11.4 Å². The Kier molecular flexibility index (Phi) is 4.61. The van der Waals surface area contributed by atoms with Crippen LogP contribution in [0.1, 0.15) is 19.3 Å². The third-order valence-electron chi connectivity index (χ3n) is 3.69. The van der Waals surface area contributed by atoms with E-state index in [4.69, 9.17) is 22.1 Å². The van der Waals surface area contributed by atoms with Gasteiger partial charge in [0, 0.05) is 17.2 Å². The average molecular weight is 285 g/mol. The van der Waals surface area contributed by atoms with Crippen molar-refractivity contribution < 1.29 is 9.66 Å². The van der Waals surface area contributed by atoms with E-state index in [0.717, 1.165) is 19.3 Å². The summed E-state index contributed by atoms with van der Waals surface area (Å²) in [6, 6.07) is 4.35. The molecular weight excluding hydrogens is 268 g/mol. The van der Waals surface area contributed by atoms with Crippen molar-refractivity contribution in [2.75, 3.05) is 13.2 Å². The number of rotatable bonds is 5. The summed E-state index contributed by atoms with van der Waals surface area (Å²) >= 11 is 5.85. The number of nitro groups is 1. The maximum atomic E-state index is 10.9. The molecule has 1 aromatic rings. The molecule has 5 nitrogen and oxygen atoms in total. The fourth-order valence-electron chi connectivity index (χ4n) is 2.59. The molecule has 0 aliphatic heterocycles. The molecule has 104 valence electrons. The lowest BCUT2D eigenvalue weighted by molar-refractivity contribution is -0.385. The van der Waals surface area contributed by atoms with Crippen LogP contribution in [0.15, 0.2) is 18.2 Å². The third kappa shape index (κ3) is 3.36. The molecule has 0 heterocycles. The third-order valence-corrected chi connectivity index (χ3v) is 3.93. The topological polar surface area (TPSA) is 78.4 Å². The van der Waals surface area contributed by atoms with Gasteiger partial charge < -0.3 is 10.5 Å². The minimum atomic E-state index is -0.458. The second-order valence-electron chi connectivity index (χ2n) is 4.87. The molecule has 0 bridgehead atoms. The van der Waals surface area contributed by atoms with Gasteiger partial charge in [0.05, 0.1) is 11.5 Å². The lowest BCUT2D eigenvalue weighted by Crippen LogP contribution is -2.23.